The summed E-state index contributed by atoms with van der Waals surface area (Å²) in [6.45, 7) is 0.997. The molecule has 0 spiro atoms. The van der Waals surface area contributed by atoms with Crippen LogP contribution in [0.5, 0.6) is 0 Å². The Morgan fingerprint density at radius 1 is 1.05 bits per heavy atom. The smallest absolute Gasteiger partial charge is 0.0232 e. The maximum atomic E-state index is 3.57. The first-order valence-electron chi connectivity index (χ1n) is 6.99. The van der Waals surface area contributed by atoms with Crippen LogP contribution in [0.3, 0.4) is 0 Å². The van der Waals surface area contributed by atoms with Gasteiger partial charge in [-0.05, 0) is 48.2 Å². The van der Waals surface area contributed by atoms with Gasteiger partial charge in [-0.1, -0.05) is 40.2 Å². The van der Waals surface area contributed by atoms with Gasteiger partial charge in [0.15, 0.2) is 0 Å². The second-order valence-electron chi connectivity index (χ2n) is 5.22. The Morgan fingerprint density at radius 3 is 2.60 bits per heavy atom. The molecule has 20 heavy (non-hydrogen) atoms. The first kappa shape index (κ1) is 14.2. The quantitative estimate of drug-likeness (QED) is 0.738. The molecule has 0 amide bonds. The lowest BCUT2D eigenvalue weighted by atomic mass is 10.2. The largest absolute Gasteiger partial charge is 0.310 e. The minimum Gasteiger partial charge on any atom is -0.310 e. The summed E-state index contributed by atoms with van der Waals surface area (Å²) in [5, 5.41) is 3.57. The van der Waals surface area contributed by atoms with E-state index in [1.807, 2.05) is 11.8 Å². The van der Waals surface area contributed by atoms with E-state index in [-0.39, 0.29) is 0 Å². The fourth-order valence-electron chi connectivity index (χ4n) is 2.04. The summed E-state index contributed by atoms with van der Waals surface area (Å²) in [7, 11) is 0. The van der Waals surface area contributed by atoms with Crippen molar-refractivity contribution in [2.75, 3.05) is 0 Å². The fraction of sp³-hybridized carbons (Fsp3) is 0.294. The molecule has 104 valence electrons. The molecule has 1 N–H and O–H groups in total. The van der Waals surface area contributed by atoms with Gasteiger partial charge in [0.1, 0.15) is 0 Å². The zero-order valence-electron chi connectivity index (χ0n) is 11.3. The zero-order chi connectivity index (χ0) is 13.8. The Kier molecular flexibility index (Phi) is 4.81. The molecule has 0 heterocycles. The number of rotatable bonds is 6. The lowest BCUT2D eigenvalue weighted by molar-refractivity contribution is 0.687. The van der Waals surface area contributed by atoms with Crippen LogP contribution in [-0.4, -0.2) is 6.04 Å². The van der Waals surface area contributed by atoms with E-state index in [2.05, 4.69) is 69.8 Å². The summed E-state index contributed by atoms with van der Waals surface area (Å²) in [5.74, 6) is 1.02. The van der Waals surface area contributed by atoms with Gasteiger partial charge in [-0.2, -0.15) is 0 Å². The summed E-state index contributed by atoms with van der Waals surface area (Å²) < 4.78 is 1.14. The van der Waals surface area contributed by atoms with Crippen LogP contribution in [0.4, 0.5) is 0 Å². The van der Waals surface area contributed by atoms with Crippen molar-refractivity contribution in [3.05, 3.63) is 64.1 Å². The maximum Gasteiger partial charge on any atom is 0.0232 e. The van der Waals surface area contributed by atoms with E-state index < -0.39 is 0 Å². The van der Waals surface area contributed by atoms with Gasteiger partial charge >= 0.3 is 0 Å². The Morgan fingerprint density at radius 2 is 1.85 bits per heavy atom. The number of nitrogens with one attached hydrogen (secondary N) is 1. The number of halogens is 1. The van der Waals surface area contributed by atoms with Crippen LogP contribution in [0.15, 0.2) is 57.9 Å². The molecule has 1 aliphatic rings. The molecule has 0 aromatic heterocycles. The second kappa shape index (κ2) is 6.79. The van der Waals surface area contributed by atoms with Crippen LogP contribution in [0.25, 0.3) is 0 Å². The van der Waals surface area contributed by atoms with Gasteiger partial charge < -0.3 is 5.32 Å². The van der Waals surface area contributed by atoms with E-state index in [1.54, 1.807) is 0 Å². The Balaban J connectivity index is 1.56. The highest BCUT2D eigenvalue weighted by molar-refractivity contribution is 9.10. The topological polar surface area (TPSA) is 12.0 Å². The normalized spacial score (nSPS) is 14.4. The Labute approximate surface area is 133 Å². The van der Waals surface area contributed by atoms with Crippen molar-refractivity contribution >= 4 is 27.7 Å². The Hall–Kier alpha value is -0.770. The van der Waals surface area contributed by atoms with E-state index in [0.717, 1.165) is 22.8 Å². The highest BCUT2D eigenvalue weighted by atomic mass is 79.9. The van der Waals surface area contributed by atoms with Gasteiger partial charge in [0.25, 0.3) is 0 Å². The molecule has 1 fully saturated rings. The van der Waals surface area contributed by atoms with Crippen molar-refractivity contribution in [3.63, 3.8) is 0 Å². The van der Waals surface area contributed by atoms with Crippen LogP contribution in [0.1, 0.15) is 24.0 Å². The van der Waals surface area contributed by atoms with E-state index in [4.69, 9.17) is 0 Å². The fourth-order valence-corrected chi connectivity index (χ4v) is 3.24. The van der Waals surface area contributed by atoms with Crippen molar-refractivity contribution < 1.29 is 0 Å². The maximum absolute atomic E-state index is 3.57. The third-order valence-electron chi connectivity index (χ3n) is 3.39. The van der Waals surface area contributed by atoms with Crippen molar-refractivity contribution in [3.8, 4) is 0 Å². The summed E-state index contributed by atoms with van der Waals surface area (Å²) in [4.78, 5) is 1.35. The molecule has 1 aliphatic carbocycles. The molecule has 1 nitrogen and oxygen atoms in total. The summed E-state index contributed by atoms with van der Waals surface area (Å²) in [6, 6.07) is 18.2. The molecular formula is C17H18BrNS. The molecule has 1 saturated carbocycles. The third kappa shape index (κ3) is 4.37. The molecule has 0 aliphatic heterocycles. The van der Waals surface area contributed by atoms with Crippen molar-refractivity contribution in [2.45, 2.75) is 36.1 Å². The van der Waals surface area contributed by atoms with Crippen LogP contribution in [-0.2, 0) is 12.3 Å². The van der Waals surface area contributed by atoms with Gasteiger partial charge in [-0.15, -0.1) is 11.8 Å². The molecule has 0 bridgehead atoms. The average molecular weight is 348 g/mol. The molecule has 0 unspecified atom stereocenters. The van der Waals surface area contributed by atoms with Crippen molar-refractivity contribution in [1.29, 1.82) is 0 Å². The van der Waals surface area contributed by atoms with Crippen LogP contribution < -0.4 is 5.32 Å². The monoisotopic (exact) mass is 347 g/mol. The Bertz CT molecular complexity index is 563. The lowest BCUT2D eigenvalue weighted by Crippen LogP contribution is -2.15. The van der Waals surface area contributed by atoms with Gasteiger partial charge in [-0.25, -0.2) is 0 Å². The number of thioether (sulfide) groups is 1. The molecule has 3 heteroatoms. The minimum atomic E-state index is 0.772. The third-order valence-corrected chi connectivity index (χ3v) is 4.98. The van der Waals surface area contributed by atoms with E-state index in [1.165, 1.54) is 28.9 Å². The average Bonchev–Trinajstić information content (AvgIpc) is 3.29. The van der Waals surface area contributed by atoms with E-state index >= 15 is 0 Å². The van der Waals surface area contributed by atoms with Gasteiger partial charge in [0, 0.05) is 27.7 Å². The predicted molar refractivity (Wildman–Crippen MR) is 90.0 cm³/mol. The standard InChI is InChI=1S/C17H18BrNS/c18-15-6-4-13(5-7-15)12-20-17-3-1-2-14(10-17)11-19-16-8-9-16/h1-7,10,16,19H,8-9,11-12H2. The van der Waals surface area contributed by atoms with E-state index in [0.29, 0.717) is 0 Å². The first-order chi connectivity index (χ1) is 9.79. The molecule has 0 radical (unpaired) electrons. The summed E-state index contributed by atoms with van der Waals surface area (Å²) in [5.41, 5.74) is 2.75. The lowest BCUT2D eigenvalue weighted by Gasteiger charge is -2.06. The first-order valence-corrected chi connectivity index (χ1v) is 8.77. The van der Waals surface area contributed by atoms with E-state index in [9.17, 15) is 0 Å². The number of hydrogen-bond acceptors (Lipinski definition) is 2. The SMILES string of the molecule is Brc1ccc(CSc2cccc(CNC3CC3)c2)cc1. The zero-order valence-corrected chi connectivity index (χ0v) is 13.7. The molecule has 3 rings (SSSR count). The van der Waals surface area contributed by atoms with Crippen LogP contribution in [0.2, 0.25) is 0 Å². The van der Waals surface area contributed by atoms with Crippen LogP contribution in [0, 0.1) is 0 Å². The summed E-state index contributed by atoms with van der Waals surface area (Å²) in [6.07, 6.45) is 2.69. The molecule has 2 aromatic carbocycles. The van der Waals surface area contributed by atoms with Gasteiger partial charge in [-0.3, -0.25) is 0 Å². The second-order valence-corrected chi connectivity index (χ2v) is 7.18. The van der Waals surface area contributed by atoms with Crippen molar-refractivity contribution in [2.24, 2.45) is 0 Å². The molecular weight excluding hydrogens is 330 g/mol. The molecule has 2 aromatic rings. The molecule has 0 saturated heterocycles. The van der Waals surface area contributed by atoms with Crippen LogP contribution >= 0.6 is 27.7 Å². The van der Waals surface area contributed by atoms with Gasteiger partial charge in [0.05, 0.1) is 0 Å². The summed E-state index contributed by atoms with van der Waals surface area (Å²) >= 11 is 5.37. The highest BCUT2D eigenvalue weighted by Crippen LogP contribution is 2.25. The highest BCUT2D eigenvalue weighted by Gasteiger charge is 2.19. The van der Waals surface area contributed by atoms with Gasteiger partial charge in [0.2, 0.25) is 0 Å². The number of hydrogen-bond donors (Lipinski definition) is 1. The molecule has 0 atom stereocenters. The minimum absolute atomic E-state index is 0.772. The predicted octanol–water partition coefficient (Wildman–Crippen LogP) is 4.99. The number of benzene rings is 2. The van der Waals surface area contributed by atoms with Crippen molar-refractivity contribution in [1.82, 2.24) is 5.32 Å².